The van der Waals surface area contributed by atoms with E-state index in [1.54, 1.807) is 13.8 Å². The molecule has 18 heteroatoms. The molecule has 1 saturated heterocycles. The van der Waals surface area contributed by atoms with Crippen molar-refractivity contribution >= 4 is 47.4 Å². The van der Waals surface area contributed by atoms with Crippen LogP contribution in [0.3, 0.4) is 0 Å². The number of nitrogens with one attached hydrogen (secondary N) is 4. The van der Waals surface area contributed by atoms with Crippen LogP contribution >= 0.6 is 0 Å². The van der Waals surface area contributed by atoms with Gasteiger partial charge >= 0.3 is 5.97 Å². The molecular formula is C25H44N10O8. The molecule has 1 rings (SSSR count). The fourth-order valence-corrected chi connectivity index (χ4v) is 4.35. The highest BCUT2D eigenvalue weighted by atomic mass is 16.4. The number of carboxylic acids is 1. The number of carbonyl (C=O) groups is 7. The third-order valence-electron chi connectivity index (χ3n) is 6.61. The Bertz CT molecular complexity index is 1060. The van der Waals surface area contributed by atoms with E-state index in [-0.39, 0.29) is 44.7 Å². The number of guanidine groups is 1. The maximum Gasteiger partial charge on any atom is 0.326 e. The molecule has 0 radical (unpaired) electrons. The van der Waals surface area contributed by atoms with Gasteiger partial charge in [0.25, 0.3) is 0 Å². The molecule has 0 saturated carbocycles. The molecular weight excluding hydrogens is 568 g/mol. The smallest absolute Gasteiger partial charge is 0.326 e. The summed E-state index contributed by atoms with van der Waals surface area (Å²) in [5.41, 5.74) is 21.1. The van der Waals surface area contributed by atoms with Crippen molar-refractivity contribution < 1.29 is 38.7 Å². The van der Waals surface area contributed by atoms with E-state index >= 15 is 0 Å². The molecule has 0 aromatic rings. The summed E-state index contributed by atoms with van der Waals surface area (Å²) in [4.78, 5) is 91.4. The van der Waals surface area contributed by atoms with Crippen LogP contribution < -0.4 is 44.2 Å². The van der Waals surface area contributed by atoms with Gasteiger partial charge in [-0.05, 0) is 38.0 Å². The number of carbonyl (C=O) groups excluding carboxylic acids is 6. The van der Waals surface area contributed by atoms with Crippen LogP contribution in [0, 0.1) is 5.92 Å². The molecule has 13 N–H and O–H groups in total. The zero-order chi connectivity index (χ0) is 32.7. The zero-order valence-corrected chi connectivity index (χ0v) is 24.5. The Morgan fingerprint density at radius 2 is 1.63 bits per heavy atom. The number of nitrogens with zero attached hydrogens (tertiary/aromatic N) is 2. The van der Waals surface area contributed by atoms with Gasteiger partial charge in [-0.25, -0.2) is 4.79 Å². The predicted molar refractivity (Wildman–Crippen MR) is 153 cm³/mol. The zero-order valence-electron chi connectivity index (χ0n) is 24.5. The van der Waals surface area contributed by atoms with E-state index in [1.807, 2.05) is 0 Å². The van der Waals surface area contributed by atoms with Gasteiger partial charge in [0.15, 0.2) is 5.96 Å². The van der Waals surface area contributed by atoms with Gasteiger partial charge in [-0.3, -0.25) is 33.8 Å². The first-order valence-corrected chi connectivity index (χ1v) is 13.9. The largest absolute Gasteiger partial charge is 0.480 e. The topological polar surface area (TPSA) is 308 Å². The fraction of sp³-hybridized carbons (Fsp3) is 0.680. The van der Waals surface area contributed by atoms with Crippen LogP contribution in [0.4, 0.5) is 0 Å². The number of amides is 6. The van der Waals surface area contributed by atoms with Crippen LogP contribution in [-0.2, 0) is 33.6 Å². The maximum atomic E-state index is 12.9. The van der Waals surface area contributed by atoms with Gasteiger partial charge in [-0.1, -0.05) is 13.8 Å². The Hall–Kier alpha value is -4.48. The van der Waals surface area contributed by atoms with Gasteiger partial charge in [0.05, 0.1) is 13.1 Å². The highest BCUT2D eigenvalue weighted by Gasteiger charge is 2.35. The average Bonchev–Trinajstić information content (AvgIpc) is 3.43. The van der Waals surface area contributed by atoms with E-state index in [4.69, 9.17) is 22.9 Å². The summed E-state index contributed by atoms with van der Waals surface area (Å²) in [7, 11) is 0. The van der Waals surface area contributed by atoms with Crippen molar-refractivity contribution in [3.8, 4) is 0 Å². The quantitative estimate of drug-likeness (QED) is 0.0404. The maximum absolute atomic E-state index is 12.9. The van der Waals surface area contributed by atoms with E-state index in [2.05, 4.69) is 26.3 Å². The molecule has 0 bridgehead atoms. The molecule has 0 aliphatic carbocycles. The van der Waals surface area contributed by atoms with Crippen molar-refractivity contribution in [2.75, 3.05) is 26.2 Å². The number of likely N-dealkylation sites (tertiary alicyclic amines) is 1. The number of primary amides is 1. The lowest BCUT2D eigenvalue weighted by Crippen LogP contribution is -2.56. The normalized spacial score (nSPS) is 16.4. The second kappa shape index (κ2) is 18.1. The molecule has 43 heavy (non-hydrogen) atoms. The van der Waals surface area contributed by atoms with E-state index in [1.165, 1.54) is 4.90 Å². The highest BCUT2D eigenvalue weighted by molar-refractivity contribution is 5.95. The standard InChI is InChI=1S/C25H44N10O8/c1-13(2)20(23(41)33-15(24(42)43)5-3-9-30-25(28)29)34-18(37)12-31-21(39)14(7-8-17(27)36)32-22(40)16-6-4-10-35(16)19(38)11-26/h13-16,20H,3-12,26H2,1-2H3,(H2,27,36)(H,31,39)(H,32,40)(H,33,41)(H,34,37)(H,42,43)(H4,28,29,30)/t14-,15-,16-,20-/m0/s1. The summed E-state index contributed by atoms with van der Waals surface area (Å²) < 4.78 is 0. The SMILES string of the molecule is CC(C)[C@H](NC(=O)CNC(=O)[C@H](CCC(N)=O)NC(=O)[C@@H]1CCCN1C(=O)CN)C(=O)N[C@@H](CCCN=C(N)N)C(=O)O. The molecule has 0 spiro atoms. The van der Waals surface area contributed by atoms with Crippen LogP contribution in [-0.4, -0.2) is 108 Å². The molecule has 0 unspecified atom stereocenters. The number of hydrogen-bond acceptors (Lipinski definition) is 9. The summed E-state index contributed by atoms with van der Waals surface area (Å²) in [6.45, 7) is 2.89. The Balaban J connectivity index is 2.81. The Kier molecular flexibility index (Phi) is 15.4. The minimum atomic E-state index is -1.28. The first-order valence-electron chi connectivity index (χ1n) is 13.9. The summed E-state index contributed by atoms with van der Waals surface area (Å²) in [6, 6.07) is -4.48. The van der Waals surface area contributed by atoms with Gasteiger partial charge in [-0.15, -0.1) is 0 Å². The number of aliphatic imine (C=N–C) groups is 1. The molecule has 1 heterocycles. The number of rotatable bonds is 18. The van der Waals surface area contributed by atoms with Crippen LogP contribution in [0.5, 0.6) is 0 Å². The molecule has 1 fully saturated rings. The molecule has 242 valence electrons. The Morgan fingerprint density at radius 1 is 0.953 bits per heavy atom. The van der Waals surface area contributed by atoms with E-state index in [0.717, 1.165) is 0 Å². The Labute approximate surface area is 249 Å². The summed E-state index contributed by atoms with van der Waals surface area (Å²) in [6.07, 6.45) is 0.828. The molecule has 6 amide bonds. The van der Waals surface area contributed by atoms with Gasteiger partial charge in [-0.2, -0.15) is 0 Å². The number of hydrogen-bond donors (Lipinski definition) is 9. The first kappa shape index (κ1) is 36.5. The third-order valence-corrected chi connectivity index (χ3v) is 6.61. The summed E-state index contributed by atoms with van der Waals surface area (Å²) >= 11 is 0. The summed E-state index contributed by atoms with van der Waals surface area (Å²) in [5, 5.41) is 19.2. The van der Waals surface area contributed by atoms with Crippen molar-refractivity contribution in [2.24, 2.45) is 33.8 Å². The Morgan fingerprint density at radius 3 is 2.19 bits per heavy atom. The number of aliphatic carboxylic acids is 1. The van der Waals surface area contributed by atoms with Crippen LogP contribution in [0.2, 0.25) is 0 Å². The van der Waals surface area contributed by atoms with Gasteiger partial charge < -0.3 is 54.2 Å². The molecule has 1 aliphatic heterocycles. The molecule has 0 aromatic carbocycles. The third kappa shape index (κ3) is 12.9. The van der Waals surface area contributed by atoms with Crippen molar-refractivity contribution in [2.45, 2.75) is 76.5 Å². The average molecular weight is 613 g/mol. The molecule has 18 nitrogen and oxygen atoms in total. The highest BCUT2D eigenvalue weighted by Crippen LogP contribution is 2.17. The predicted octanol–water partition coefficient (Wildman–Crippen LogP) is -4.43. The van der Waals surface area contributed by atoms with E-state index in [0.29, 0.717) is 19.4 Å². The van der Waals surface area contributed by atoms with Gasteiger partial charge in [0, 0.05) is 19.5 Å². The van der Waals surface area contributed by atoms with Gasteiger partial charge in [0.2, 0.25) is 35.4 Å². The lowest BCUT2D eigenvalue weighted by Gasteiger charge is -2.26. The van der Waals surface area contributed by atoms with E-state index < -0.39 is 78.0 Å². The van der Waals surface area contributed by atoms with Crippen molar-refractivity contribution in [3.63, 3.8) is 0 Å². The van der Waals surface area contributed by atoms with E-state index in [9.17, 15) is 38.7 Å². The second-order valence-corrected chi connectivity index (χ2v) is 10.4. The molecule has 4 atom stereocenters. The van der Waals surface area contributed by atoms with Crippen molar-refractivity contribution in [1.82, 2.24) is 26.2 Å². The van der Waals surface area contributed by atoms with Crippen molar-refractivity contribution in [3.05, 3.63) is 0 Å². The number of nitrogens with two attached hydrogens (primary N) is 4. The summed E-state index contributed by atoms with van der Waals surface area (Å²) in [5.74, 6) is -5.94. The second-order valence-electron chi connectivity index (χ2n) is 10.4. The van der Waals surface area contributed by atoms with Crippen molar-refractivity contribution in [1.29, 1.82) is 0 Å². The minimum absolute atomic E-state index is 0.0318. The molecule has 0 aromatic heterocycles. The van der Waals surface area contributed by atoms with Crippen LogP contribution in [0.15, 0.2) is 4.99 Å². The minimum Gasteiger partial charge on any atom is -0.480 e. The first-order chi connectivity index (χ1) is 20.2. The van der Waals surface area contributed by atoms with Gasteiger partial charge in [0.1, 0.15) is 24.2 Å². The lowest BCUT2D eigenvalue weighted by atomic mass is 10.0. The monoisotopic (exact) mass is 612 g/mol. The molecule has 1 aliphatic rings. The lowest BCUT2D eigenvalue weighted by molar-refractivity contribution is -0.142. The fourth-order valence-electron chi connectivity index (χ4n) is 4.35. The van der Waals surface area contributed by atoms with Crippen LogP contribution in [0.25, 0.3) is 0 Å². The number of carboxylic acid groups (broad SMARTS) is 1. The van der Waals surface area contributed by atoms with Crippen LogP contribution in [0.1, 0.15) is 52.4 Å².